The number of carbonyl (C=O) groups is 1. The van der Waals surface area contributed by atoms with Crippen molar-refractivity contribution in [3.05, 3.63) is 40.7 Å². The van der Waals surface area contributed by atoms with E-state index in [1.54, 1.807) is 24.1 Å². The second-order valence-electron chi connectivity index (χ2n) is 6.86. The molecule has 0 radical (unpaired) electrons. The second-order valence-corrected chi connectivity index (χ2v) is 7.27. The van der Waals surface area contributed by atoms with Gasteiger partial charge in [-0.3, -0.25) is 0 Å². The Labute approximate surface area is 171 Å². The highest BCUT2D eigenvalue weighted by Gasteiger charge is 2.30. The molecule has 9 heteroatoms. The van der Waals surface area contributed by atoms with Gasteiger partial charge in [0.1, 0.15) is 19.4 Å². The van der Waals surface area contributed by atoms with E-state index in [0.29, 0.717) is 39.9 Å². The monoisotopic (exact) mass is 403 g/mol. The summed E-state index contributed by atoms with van der Waals surface area (Å²) in [7, 11) is 3.49. The number of carbonyl (C=O) groups excluding carboxylic acids is 1. The van der Waals surface area contributed by atoms with Crippen LogP contribution >= 0.6 is 11.6 Å². The van der Waals surface area contributed by atoms with Crippen LogP contribution in [0.15, 0.2) is 35.1 Å². The van der Waals surface area contributed by atoms with E-state index < -0.39 is 0 Å². The Morgan fingerprint density at radius 2 is 2.14 bits per heavy atom. The molecule has 28 heavy (non-hydrogen) atoms. The summed E-state index contributed by atoms with van der Waals surface area (Å²) in [4.78, 5) is 18.5. The number of hydrogen-bond donors (Lipinski definition) is 3. The van der Waals surface area contributed by atoms with Gasteiger partial charge < -0.3 is 26.4 Å². The summed E-state index contributed by atoms with van der Waals surface area (Å²) in [6.45, 7) is 8.18. The highest BCUT2D eigenvalue weighted by atomic mass is 35.5. The van der Waals surface area contributed by atoms with E-state index >= 15 is 0 Å². The average Bonchev–Trinajstić information content (AvgIpc) is 3.04. The van der Waals surface area contributed by atoms with Crippen molar-refractivity contribution in [3.63, 3.8) is 0 Å². The molecule has 0 aliphatic carbocycles. The van der Waals surface area contributed by atoms with Gasteiger partial charge in [-0.1, -0.05) is 25.1 Å². The Balaban J connectivity index is 2.47. The molecule has 5 N–H and O–H groups in total. The zero-order chi connectivity index (χ0) is 21.0. The van der Waals surface area contributed by atoms with E-state index in [1.165, 1.54) is 0 Å². The number of amides is 2. The number of urea groups is 1. The van der Waals surface area contributed by atoms with Gasteiger partial charge in [0.05, 0.1) is 25.9 Å². The van der Waals surface area contributed by atoms with Crippen molar-refractivity contribution >= 4 is 42.3 Å². The standard InChI is InChI=1S/C19H27BClN5O2/c1-5-10(2)24-19(27)26-8-13(16(9-26)25-11(3)22)18(23)12-6-17(28-4)14(20)7-15(12)21/h6-7,10H,3,5,8-9,20,22-23H2,1-2,4H3,(H,24,27)/b18-13-,25-16-. The molecule has 1 unspecified atom stereocenters. The molecule has 2 amide bonds. The molecule has 1 saturated heterocycles. The molecule has 0 saturated carbocycles. The largest absolute Gasteiger partial charge is 0.497 e. The summed E-state index contributed by atoms with van der Waals surface area (Å²) in [6.07, 6.45) is 0.837. The Kier molecular flexibility index (Phi) is 7.02. The third kappa shape index (κ3) is 4.81. The predicted molar refractivity (Wildman–Crippen MR) is 118 cm³/mol. The minimum Gasteiger partial charge on any atom is -0.497 e. The molecule has 1 aromatic carbocycles. The highest BCUT2D eigenvalue weighted by molar-refractivity contribution is 6.38. The van der Waals surface area contributed by atoms with Crippen molar-refractivity contribution in [2.75, 3.05) is 20.2 Å². The summed E-state index contributed by atoms with van der Waals surface area (Å²) in [5.41, 5.74) is 15.4. The number of likely N-dealkylation sites (tertiary alicyclic amines) is 1. The van der Waals surface area contributed by atoms with Crippen LogP contribution in [0.1, 0.15) is 25.8 Å². The van der Waals surface area contributed by atoms with Crippen LogP contribution in [0.2, 0.25) is 5.02 Å². The van der Waals surface area contributed by atoms with Crippen molar-refractivity contribution in [2.45, 2.75) is 26.3 Å². The molecular formula is C19H27BClN5O2. The summed E-state index contributed by atoms with van der Waals surface area (Å²) < 4.78 is 5.38. The minimum atomic E-state index is -0.180. The van der Waals surface area contributed by atoms with Gasteiger partial charge in [0, 0.05) is 27.9 Å². The van der Waals surface area contributed by atoms with Crippen LogP contribution < -0.4 is 27.0 Å². The fourth-order valence-electron chi connectivity index (χ4n) is 2.92. The lowest BCUT2D eigenvalue weighted by Gasteiger charge is -2.19. The Bertz CT molecular complexity index is 853. The molecular weight excluding hydrogens is 377 g/mol. The molecule has 2 rings (SSSR count). The van der Waals surface area contributed by atoms with Crippen molar-refractivity contribution in [3.8, 4) is 5.75 Å². The molecule has 1 aromatic rings. The van der Waals surface area contributed by atoms with Gasteiger partial charge in [-0.25, -0.2) is 9.79 Å². The Morgan fingerprint density at radius 1 is 1.46 bits per heavy atom. The molecule has 0 spiro atoms. The average molecular weight is 404 g/mol. The molecule has 150 valence electrons. The van der Waals surface area contributed by atoms with E-state index in [-0.39, 0.29) is 24.4 Å². The summed E-state index contributed by atoms with van der Waals surface area (Å²) in [5, 5.41) is 3.45. The molecule has 0 aromatic heterocycles. The Morgan fingerprint density at radius 3 is 2.71 bits per heavy atom. The molecule has 1 fully saturated rings. The third-order valence-corrected chi connectivity index (χ3v) is 5.00. The number of nitrogens with two attached hydrogens (primary N) is 2. The normalized spacial score (nSPS) is 18.1. The number of benzene rings is 1. The number of nitrogens with one attached hydrogen (secondary N) is 1. The first kappa shape index (κ1) is 21.7. The van der Waals surface area contributed by atoms with Crippen molar-refractivity contribution in [2.24, 2.45) is 16.5 Å². The number of rotatable bonds is 5. The minimum absolute atomic E-state index is 0.0681. The molecule has 1 heterocycles. The maximum absolute atomic E-state index is 12.6. The maximum Gasteiger partial charge on any atom is 0.318 e. The number of methoxy groups -OCH3 is 1. The number of ether oxygens (including phenoxy) is 1. The van der Waals surface area contributed by atoms with Crippen LogP contribution in [0, 0.1) is 0 Å². The summed E-state index contributed by atoms with van der Waals surface area (Å²) >= 11 is 6.43. The number of aliphatic imine (C=N–C) groups is 1. The molecule has 1 aliphatic heterocycles. The van der Waals surface area contributed by atoms with Crippen molar-refractivity contribution in [1.82, 2.24) is 10.2 Å². The van der Waals surface area contributed by atoms with E-state index in [2.05, 4.69) is 16.9 Å². The van der Waals surface area contributed by atoms with Crippen LogP contribution in [0.3, 0.4) is 0 Å². The van der Waals surface area contributed by atoms with Crippen LogP contribution in [0.5, 0.6) is 5.75 Å². The van der Waals surface area contributed by atoms with E-state index in [1.807, 2.05) is 21.7 Å². The van der Waals surface area contributed by atoms with E-state index in [9.17, 15) is 4.79 Å². The first-order valence-electron chi connectivity index (χ1n) is 9.08. The number of halogens is 1. The second kappa shape index (κ2) is 9.06. The number of nitrogens with zero attached hydrogens (tertiary/aromatic N) is 2. The van der Waals surface area contributed by atoms with Gasteiger partial charge in [0.15, 0.2) is 0 Å². The fraction of sp³-hybridized carbons (Fsp3) is 0.368. The van der Waals surface area contributed by atoms with Gasteiger partial charge in [0.2, 0.25) is 0 Å². The lowest BCUT2D eigenvalue weighted by atomic mass is 9.92. The highest BCUT2D eigenvalue weighted by Crippen LogP contribution is 2.29. The maximum atomic E-state index is 12.6. The predicted octanol–water partition coefficient (Wildman–Crippen LogP) is 0.971. The smallest absolute Gasteiger partial charge is 0.318 e. The van der Waals surface area contributed by atoms with Crippen molar-refractivity contribution in [1.29, 1.82) is 0 Å². The fourth-order valence-corrected chi connectivity index (χ4v) is 3.24. The zero-order valence-corrected chi connectivity index (χ0v) is 17.6. The van der Waals surface area contributed by atoms with E-state index in [0.717, 1.165) is 11.9 Å². The van der Waals surface area contributed by atoms with Crippen LogP contribution in [0.4, 0.5) is 4.79 Å². The van der Waals surface area contributed by atoms with Gasteiger partial charge in [-0.15, -0.1) is 0 Å². The SMILES string of the molecule is Bc1cc(Cl)c(/C(N)=C2\CN(C(=O)NC(C)CC)C\C2=N\C(=C)N)cc1OC. The lowest BCUT2D eigenvalue weighted by molar-refractivity contribution is 0.208. The van der Waals surface area contributed by atoms with Gasteiger partial charge in [-0.05, 0) is 30.9 Å². The Hall–Kier alpha value is -2.61. The molecule has 1 aliphatic rings. The zero-order valence-electron chi connectivity index (χ0n) is 16.8. The first-order chi connectivity index (χ1) is 13.2. The van der Waals surface area contributed by atoms with Crippen LogP contribution in [0.25, 0.3) is 5.70 Å². The quantitative estimate of drug-likeness (QED) is 0.637. The number of hydrogen-bond acceptors (Lipinski definition) is 5. The van der Waals surface area contributed by atoms with Crippen LogP contribution in [-0.4, -0.2) is 50.7 Å². The van der Waals surface area contributed by atoms with Gasteiger partial charge in [0.25, 0.3) is 0 Å². The molecule has 7 nitrogen and oxygen atoms in total. The van der Waals surface area contributed by atoms with Gasteiger partial charge >= 0.3 is 6.03 Å². The molecule has 1 atom stereocenters. The topological polar surface area (TPSA) is 106 Å². The van der Waals surface area contributed by atoms with Gasteiger partial charge in [-0.2, -0.15) is 0 Å². The summed E-state index contributed by atoms with van der Waals surface area (Å²) in [6, 6.07) is 3.47. The third-order valence-electron chi connectivity index (χ3n) is 4.69. The van der Waals surface area contributed by atoms with Crippen molar-refractivity contribution < 1.29 is 9.53 Å². The van der Waals surface area contributed by atoms with Crippen LogP contribution in [-0.2, 0) is 0 Å². The summed E-state index contributed by atoms with van der Waals surface area (Å²) in [5.74, 6) is 0.825. The first-order valence-corrected chi connectivity index (χ1v) is 9.46. The lowest BCUT2D eigenvalue weighted by Crippen LogP contribution is -2.42. The van der Waals surface area contributed by atoms with E-state index in [4.69, 9.17) is 27.8 Å². The molecule has 0 bridgehead atoms.